The monoisotopic (exact) mass is 235 g/mol. The van der Waals surface area contributed by atoms with E-state index in [1.807, 2.05) is 0 Å². The third-order valence-electron chi connectivity index (χ3n) is 1.69. The zero-order chi connectivity index (χ0) is 10.6. The van der Waals surface area contributed by atoms with E-state index in [9.17, 15) is 8.60 Å². The van der Waals surface area contributed by atoms with Gasteiger partial charge in [0.1, 0.15) is 5.82 Å². The summed E-state index contributed by atoms with van der Waals surface area (Å²) in [6, 6.07) is 4.68. The maximum atomic E-state index is 13.3. The second-order valence-electron chi connectivity index (χ2n) is 2.79. The van der Waals surface area contributed by atoms with Crippen LogP contribution in [0.1, 0.15) is 5.56 Å². The first-order chi connectivity index (χ1) is 6.65. The molecule has 1 aromatic carbocycles. The molecule has 0 saturated heterocycles. The largest absolute Gasteiger partial charge is 0.330 e. The number of hydrogen-bond acceptors (Lipinski definition) is 2. The predicted molar refractivity (Wildman–Crippen MR) is 57.2 cm³/mol. The third kappa shape index (κ3) is 3.04. The molecule has 2 N–H and O–H groups in total. The summed E-state index contributed by atoms with van der Waals surface area (Å²) in [7, 11) is -1.11. The summed E-state index contributed by atoms with van der Waals surface area (Å²) in [5, 5.41) is 0.0623. The predicted octanol–water partition coefficient (Wildman–Crippen LogP) is 1.69. The summed E-state index contributed by atoms with van der Waals surface area (Å²) in [5.74, 6) is 0.0646. The van der Waals surface area contributed by atoms with Crippen LogP contribution in [-0.4, -0.2) is 16.5 Å². The van der Waals surface area contributed by atoms with Gasteiger partial charge >= 0.3 is 0 Å². The molecule has 1 rings (SSSR count). The van der Waals surface area contributed by atoms with Gasteiger partial charge in [-0.15, -0.1) is 0 Å². The van der Waals surface area contributed by atoms with E-state index in [2.05, 4.69) is 0 Å². The van der Waals surface area contributed by atoms with Crippen molar-refractivity contribution in [2.24, 2.45) is 5.73 Å². The Morgan fingerprint density at radius 3 is 2.86 bits per heavy atom. The standard InChI is InChI=1S/C9H11ClFNOS/c10-8-3-1-2-7(9(8)11)6-14(13)5-4-12/h1-3H,4-6,12H2. The smallest absolute Gasteiger partial charge is 0.145 e. The lowest BCUT2D eigenvalue weighted by molar-refractivity contribution is 0.615. The van der Waals surface area contributed by atoms with Crippen molar-refractivity contribution < 1.29 is 8.60 Å². The second-order valence-corrected chi connectivity index (χ2v) is 4.77. The first-order valence-electron chi connectivity index (χ1n) is 4.13. The van der Waals surface area contributed by atoms with Gasteiger partial charge in [0, 0.05) is 28.7 Å². The highest BCUT2D eigenvalue weighted by Crippen LogP contribution is 2.18. The van der Waals surface area contributed by atoms with E-state index in [1.165, 1.54) is 6.07 Å². The number of nitrogens with two attached hydrogens (primary N) is 1. The highest BCUT2D eigenvalue weighted by atomic mass is 35.5. The Labute approximate surface area is 89.7 Å². The average molecular weight is 236 g/mol. The molecular formula is C9H11ClFNOS. The SMILES string of the molecule is NCCS(=O)Cc1cccc(Cl)c1F. The van der Waals surface area contributed by atoms with Crippen LogP contribution in [0, 0.1) is 5.82 Å². The van der Waals surface area contributed by atoms with Gasteiger partial charge in [-0.1, -0.05) is 23.7 Å². The van der Waals surface area contributed by atoms with Gasteiger partial charge < -0.3 is 5.73 Å². The Bertz CT molecular complexity index is 346. The number of rotatable bonds is 4. The van der Waals surface area contributed by atoms with Crippen molar-refractivity contribution in [3.63, 3.8) is 0 Å². The fourth-order valence-electron chi connectivity index (χ4n) is 1.04. The molecule has 0 amide bonds. The quantitative estimate of drug-likeness (QED) is 0.863. The fraction of sp³-hybridized carbons (Fsp3) is 0.333. The summed E-state index contributed by atoms with van der Waals surface area (Å²) in [6.45, 7) is 0.342. The molecule has 0 saturated carbocycles. The van der Waals surface area contributed by atoms with E-state index >= 15 is 0 Å². The maximum absolute atomic E-state index is 13.3. The minimum Gasteiger partial charge on any atom is -0.330 e. The van der Waals surface area contributed by atoms with Crippen molar-refractivity contribution in [1.82, 2.24) is 0 Å². The molecule has 0 aliphatic rings. The van der Waals surface area contributed by atoms with Crippen molar-refractivity contribution in [2.45, 2.75) is 5.75 Å². The lowest BCUT2D eigenvalue weighted by Gasteiger charge is -2.03. The van der Waals surface area contributed by atoms with Crippen molar-refractivity contribution in [3.05, 3.63) is 34.6 Å². The number of halogens is 2. The van der Waals surface area contributed by atoms with Crippen LogP contribution in [0.25, 0.3) is 0 Å². The molecule has 0 aliphatic heterocycles. The fourth-order valence-corrected chi connectivity index (χ4v) is 2.21. The van der Waals surface area contributed by atoms with Crippen LogP contribution in [-0.2, 0) is 16.6 Å². The van der Waals surface area contributed by atoms with E-state index in [4.69, 9.17) is 17.3 Å². The lowest BCUT2D eigenvalue weighted by Crippen LogP contribution is -2.12. The van der Waals surface area contributed by atoms with Gasteiger partial charge in [0.2, 0.25) is 0 Å². The Morgan fingerprint density at radius 2 is 2.21 bits per heavy atom. The van der Waals surface area contributed by atoms with Crippen molar-refractivity contribution in [3.8, 4) is 0 Å². The van der Waals surface area contributed by atoms with Crippen LogP contribution in [0.3, 0.4) is 0 Å². The van der Waals surface area contributed by atoms with E-state index < -0.39 is 16.6 Å². The zero-order valence-corrected chi connectivity index (χ0v) is 9.08. The highest BCUT2D eigenvalue weighted by molar-refractivity contribution is 7.84. The van der Waals surface area contributed by atoms with Gasteiger partial charge in [0.05, 0.1) is 10.8 Å². The van der Waals surface area contributed by atoms with E-state index in [0.717, 1.165) is 0 Å². The molecule has 1 aromatic rings. The summed E-state index contributed by atoms with van der Waals surface area (Å²) < 4.78 is 24.6. The Hall–Kier alpha value is -0.450. The summed E-state index contributed by atoms with van der Waals surface area (Å²) >= 11 is 5.58. The van der Waals surface area contributed by atoms with Gasteiger partial charge in [-0.3, -0.25) is 4.21 Å². The number of benzene rings is 1. The molecule has 0 spiro atoms. The molecule has 2 nitrogen and oxygen atoms in total. The Balaban J connectivity index is 2.76. The maximum Gasteiger partial charge on any atom is 0.145 e. The Morgan fingerprint density at radius 1 is 1.50 bits per heavy atom. The van der Waals surface area contributed by atoms with E-state index in [0.29, 0.717) is 17.9 Å². The van der Waals surface area contributed by atoms with Gasteiger partial charge in [-0.25, -0.2) is 4.39 Å². The molecule has 0 aromatic heterocycles. The molecule has 0 fully saturated rings. The van der Waals surface area contributed by atoms with Crippen LogP contribution >= 0.6 is 11.6 Å². The minimum atomic E-state index is -1.11. The molecule has 0 heterocycles. The van der Waals surface area contributed by atoms with E-state index in [1.54, 1.807) is 12.1 Å². The summed E-state index contributed by atoms with van der Waals surface area (Å²) in [4.78, 5) is 0. The highest BCUT2D eigenvalue weighted by Gasteiger charge is 2.08. The summed E-state index contributed by atoms with van der Waals surface area (Å²) in [6.07, 6.45) is 0. The van der Waals surface area contributed by atoms with Crippen molar-refractivity contribution in [1.29, 1.82) is 0 Å². The van der Waals surface area contributed by atoms with Gasteiger partial charge in [0.25, 0.3) is 0 Å². The molecule has 1 atom stereocenters. The minimum absolute atomic E-state index is 0.0623. The molecule has 14 heavy (non-hydrogen) atoms. The van der Waals surface area contributed by atoms with Crippen molar-refractivity contribution >= 4 is 22.4 Å². The second kappa shape index (κ2) is 5.44. The van der Waals surface area contributed by atoms with Gasteiger partial charge in [-0.2, -0.15) is 0 Å². The van der Waals surface area contributed by atoms with Crippen LogP contribution in [0.5, 0.6) is 0 Å². The summed E-state index contributed by atoms with van der Waals surface area (Å²) in [5.41, 5.74) is 5.62. The molecule has 0 aliphatic carbocycles. The average Bonchev–Trinajstić information content (AvgIpc) is 2.13. The van der Waals surface area contributed by atoms with Gasteiger partial charge in [-0.05, 0) is 6.07 Å². The van der Waals surface area contributed by atoms with Crippen LogP contribution in [0.4, 0.5) is 4.39 Å². The molecule has 78 valence electrons. The van der Waals surface area contributed by atoms with Crippen LogP contribution in [0.15, 0.2) is 18.2 Å². The molecule has 1 unspecified atom stereocenters. The molecule has 0 bridgehead atoms. The number of hydrogen-bond donors (Lipinski definition) is 1. The third-order valence-corrected chi connectivity index (χ3v) is 3.31. The van der Waals surface area contributed by atoms with Crippen molar-refractivity contribution in [2.75, 3.05) is 12.3 Å². The zero-order valence-electron chi connectivity index (χ0n) is 7.50. The molecule has 5 heteroatoms. The molecular weight excluding hydrogens is 225 g/mol. The molecule has 0 radical (unpaired) electrons. The normalized spacial score (nSPS) is 12.8. The lowest BCUT2D eigenvalue weighted by atomic mass is 10.2. The van der Waals surface area contributed by atoms with Crippen LogP contribution < -0.4 is 5.73 Å². The van der Waals surface area contributed by atoms with E-state index in [-0.39, 0.29) is 10.8 Å². The Kier molecular flexibility index (Phi) is 4.51. The van der Waals surface area contributed by atoms with Crippen LogP contribution in [0.2, 0.25) is 5.02 Å². The first kappa shape index (κ1) is 11.6. The topological polar surface area (TPSA) is 43.1 Å². The first-order valence-corrected chi connectivity index (χ1v) is 5.99. The van der Waals surface area contributed by atoms with Gasteiger partial charge in [0.15, 0.2) is 0 Å².